The Morgan fingerprint density at radius 1 is 1.19 bits per heavy atom. The molecule has 0 unspecified atom stereocenters. The zero-order valence-corrected chi connectivity index (χ0v) is 13.4. The van der Waals surface area contributed by atoms with Crippen molar-refractivity contribution < 1.29 is 0 Å². The highest BCUT2D eigenvalue weighted by molar-refractivity contribution is 5.81. The fourth-order valence-electron chi connectivity index (χ4n) is 3.54. The Morgan fingerprint density at radius 2 is 1.95 bits per heavy atom. The van der Waals surface area contributed by atoms with Gasteiger partial charge in [-0.05, 0) is 61.1 Å². The standard InChI is InChI=1S/C18H27N3/c1-18(2,3)15-7-4-13(5-8-15)11-19-16-9-6-14-12-20-21-17(14)10-16/h6,9-10,12-13,15,19H,4-5,7-8,11H2,1-3H3,(H,20,21). The van der Waals surface area contributed by atoms with Gasteiger partial charge in [-0.1, -0.05) is 20.8 Å². The Balaban J connectivity index is 1.52. The van der Waals surface area contributed by atoms with Gasteiger partial charge < -0.3 is 5.32 Å². The molecule has 1 aromatic carbocycles. The van der Waals surface area contributed by atoms with E-state index >= 15 is 0 Å². The molecule has 3 heteroatoms. The molecule has 3 rings (SSSR count). The van der Waals surface area contributed by atoms with Crippen molar-refractivity contribution in [3.63, 3.8) is 0 Å². The molecule has 0 saturated heterocycles. The van der Waals surface area contributed by atoms with Crippen molar-refractivity contribution in [3.8, 4) is 0 Å². The molecule has 2 aromatic rings. The minimum absolute atomic E-state index is 0.476. The maximum Gasteiger partial charge on any atom is 0.0670 e. The maximum atomic E-state index is 4.07. The summed E-state index contributed by atoms with van der Waals surface area (Å²) < 4.78 is 0. The summed E-state index contributed by atoms with van der Waals surface area (Å²) >= 11 is 0. The van der Waals surface area contributed by atoms with Crippen molar-refractivity contribution in [2.45, 2.75) is 46.5 Å². The van der Waals surface area contributed by atoms with Crippen molar-refractivity contribution in [2.24, 2.45) is 17.3 Å². The number of nitrogens with zero attached hydrogens (tertiary/aromatic N) is 1. The number of benzene rings is 1. The minimum Gasteiger partial charge on any atom is -0.385 e. The number of aromatic amines is 1. The van der Waals surface area contributed by atoms with Gasteiger partial charge in [-0.3, -0.25) is 5.10 Å². The minimum atomic E-state index is 0.476. The van der Waals surface area contributed by atoms with Gasteiger partial charge >= 0.3 is 0 Å². The largest absolute Gasteiger partial charge is 0.385 e. The van der Waals surface area contributed by atoms with Crippen LogP contribution in [0.5, 0.6) is 0 Å². The molecule has 0 radical (unpaired) electrons. The van der Waals surface area contributed by atoms with Gasteiger partial charge in [0.05, 0.1) is 11.7 Å². The average Bonchev–Trinajstić information content (AvgIpc) is 2.92. The van der Waals surface area contributed by atoms with E-state index in [4.69, 9.17) is 0 Å². The van der Waals surface area contributed by atoms with Gasteiger partial charge in [0.15, 0.2) is 0 Å². The first-order valence-corrected chi connectivity index (χ1v) is 8.19. The van der Waals surface area contributed by atoms with Gasteiger partial charge in [0, 0.05) is 17.6 Å². The molecular weight excluding hydrogens is 258 g/mol. The molecule has 0 atom stereocenters. The SMILES string of the molecule is CC(C)(C)C1CCC(CNc2ccc3cn[nH]c3c2)CC1. The van der Waals surface area contributed by atoms with E-state index in [-0.39, 0.29) is 0 Å². The fraction of sp³-hybridized carbons (Fsp3) is 0.611. The van der Waals surface area contributed by atoms with Crippen molar-refractivity contribution in [2.75, 3.05) is 11.9 Å². The van der Waals surface area contributed by atoms with Crippen LogP contribution in [0.1, 0.15) is 46.5 Å². The first-order chi connectivity index (χ1) is 10.0. The molecular formula is C18H27N3. The average molecular weight is 285 g/mol. The van der Waals surface area contributed by atoms with Crippen LogP contribution in [0, 0.1) is 17.3 Å². The van der Waals surface area contributed by atoms with E-state index in [0.717, 1.165) is 23.9 Å². The normalized spacial score (nSPS) is 23.4. The molecule has 1 aromatic heterocycles. The lowest BCUT2D eigenvalue weighted by Crippen LogP contribution is -2.28. The Morgan fingerprint density at radius 3 is 2.67 bits per heavy atom. The smallest absolute Gasteiger partial charge is 0.0670 e. The zero-order chi connectivity index (χ0) is 14.9. The molecule has 1 heterocycles. The highest BCUT2D eigenvalue weighted by atomic mass is 15.1. The van der Waals surface area contributed by atoms with Crippen LogP contribution in [0.2, 0.25) is 0 Å². The third kappa shape index (κ3) is 3.39. The zero-order valence-electron chi connectivity index (χ0n) is 13.4. The van der Waals surface area contributed by atoms with Crippen molar-refractivity contribution in [1.82, 2.24) is 10.2 Å². The van der Waals surface area contributed by atoms with Crippen LogP contribution in [0.25, 0.3) is 10.9 Å². The second-order valence-electron chi connectivity index (χ2n) is 7.64. The lowest BCUT2D eigenvalue weighted by Gasteiger charge is -2.37. The van der Waals surface area contributed by atoms with Crippen LogP contribution in [0.15, 0.2) is 24.4 Å². The molecule has 1 aliphatic rings. The van der Waals surface area contributed by atoms with Crippen molar-refractivity contribution in [1.29, 1.82) is 0 Å². The molecule has 1 fully saturated rings. The van der Waals surface area contributed by atoms with Crippen LogP contribution >= 0.6 is 0 Å². The van der Waals surface area contributed by atoms with Gasteiger partial charge in [0.1, 0.15) is 0 Å². The van der Waals surface area contributed by atoms with Crippen LogP contribution < -0.4 is 5.32 Å². The maximum absolute atomic E-state index is 4.07. The molecule has 1 aliphatic carbocycles. The molecule has 0 spiro atoms. The number of rotatable bonds is 3. The van der Waals surface area contributed by atoms with Crippen LogP contribution in [0.4, 0.5) is 5.69 Å². The van der Waals surface area contributed by atoms with Crippen LogP contribution in [0.3, 0.4) is 0 Å². The highest BCUT2D eigenvalue weighted by Crippen LogP contribution is 2.39. The second kappa shape index (κ2) is 5.70. The third-order valence-electron chi connectivity index (χ3n) is 5.11. The summed E-state index contributed by atoms with van der Waals surface area (Å²) in [6.07, 6.45) is 7.36. The van der Waals surface area contributed by atoms with E-state index in [1.165, 1.54) is 36.8 Å². The van der Waals surface area contributed by atoms with Crippen molar-refractivity contribution in [3.05, 3.63) is 24.4 Å². The summed E-state index contributed by atoms with van der Waals surface area (Å²) in [7, 11) is 0. The lowest BCUT2D eigenvalue weighted by atomic mass is 9.70. The van der Waals surface area contributed by atoms with E-state index in [1.807, 2.05) is 6.20 Å². The van der Waals surface area contributed by atoms with Gasteiger partial charge in [0.2, 0.25) is 0 Å². The number of H-pyrrole nitrogens is 1. The Labute approximate surface area is 127 Å². The molecule has 0 bridgehead atoms. The number of hydrogen-bond donors (Lipinski definition) is 2. The summed E-state index contributed by atoms with van der Waals surface area (Å²) in [6.45, 7) is 8.25. The molecule has 0 aliphatic heterocycles. The number of fused-ring (bicyclic) bond motifs is 1. The summed E-state index contributed by atoms with van der Waals surface area (Å²) in [5.41, 5.74) is 2.78. The number of aromatic nitrogens is 2. The van der Waals surface area contributed by atoms with E-state index in [0.29, 0.717) is 5.41 Å². The van der Waals surface area contributed by atoms with Gasteiger partial charge in [-0.15, -0.1) is 0 Å². The highest BCUT2D eigenvalue weighted by Gasteiger charge is 2.29. The summed E-state index contributed by atoms with van der Waals surface area (Å²) in [5, 5.41) is 11.9. The quantitative estimate of drug-likeness (QED) is 0.848. The van der Waals surface area contributed by atoms with E-state index < -0.39 is 0 Å². The van der Waals surface area contributed by atoms with E-state index in [9.17, 15) is 0 Å². The summed E-state index contributed by atoms with van der Waals surface area (Å²) in [6, 6.07) is 6.43. The molecule has 114 valence electrons. The summed E-state index contributed by atoms with van der Waals surface area (Å²) in [4.78, 5) is 0. The third-order valence-corrected chi connectivity index (χ3v) is 5.11. The molecule has 2 N–H and O–H groups in total. The number of nitrogens with one attached hydrogen (secondary N) is 2. The second-order valence-corrected chi connectivity index (χ2v) is 7.64. The topological polar surface area (TPSA) is 40.7 Å². The molecule has 3 nitrogen and oxygen atoms in total. The molecule has 1 saturated carbocycles. The predicted octanol–water partition coefficient (Wildman–Crippen LogP) is 4.83. The first kappa shape index (κ1) is 14.4. The van der Waals surface area contributed by atoms with E-state index in [2.05, 4.69) is 54.5 Å². The molecule has 0 amide bonds. The van der Waals surface area contributed by atoms with E-state index in [1.54, 1.807) is 0 Å². The lowest BCUT2D eigenvalue weighted by molar-refractivity contribution is 0.153. The predicted molar refractivity (Wildman–Crippen MR) is 89.5 cm³/mol. The van der Waals surface area contributed by atoms with Gasteiger partial charge in [0.25, 0.3) is 0 Å². The molecule has 21 heavy (non-hydrogen) atoms. The Bertz CT molecular complexity index is 586. The Hall–Kier alpha value is -1.51. The van der Waals surface area contributed by atoms with Crippen LogP contribution in [-0.4, -0.2) is 16.7 Å². The fourth-order valence-corrected chi connectivity index (χ4v) is 3.54. The Kier molecular flexibility index (Phi) is 3.92. The summed E-state index contributed by atoms with van der Waals surface area (Å²) in [5.74, 6) is 1.72. The number of hydrogen-bond acceptors (Lipinski definition) is 2. The van der Waals surface area contributed by atoms with Crippen molar-refractivity contribution >= 4 is 16.6 Å². The van der Waals surface area contributed by atoms with Crippen LogP contribution in [-0.2, 0) is 0 Å². The van der Waals surface area contributed by atoms with Gasteiger partial charge in [-0.25, -0.2) is 0 Å². The first-order valence-electron chi connectivity index (χ1n) is 8.19. The monoisotopic (exact) mass is 285 g/mol. The van der Waals surface area contributed by atoms with Gasteiger partial charge in [-0.2, -0.15) is 5.10 Å². The number of anilines is 1.